The Labute approximate surface area is 433 Å². The van der Waals surface area contributed by atoms with Crippen molar-refractivity contribution >= 4 is 19.8 Å². The highest BCUT2D eigenvalue weighted by atomic mass is 31.2. The van der Waals surface area contributed by atoms with E-state index in [-0.39, 0.29) is 26.1 Å². The molecule has 70 heavy (non-hydrogen) atoms. The molecular formula is C60H113NO8P+. The first-order valence-electron chi connectivity index (χ1n) is 29.4. The van der Waals surface area contributed by atoms with Crippen LogP contribution < -0.4 is 0 Å². The topological polar surface area (TPSA) is 108 Å². The molecule has 0 aliphatic rings. The molecule has 0 amide bonds. The first-order chi connectivity index (χ1) is 34.0. The molecule has 0 heterocycles. The van der Waals surface area contributed by atoms with E-state index in [2.05, 4.69) is 62.5 Å². The maximum Gasteiger partial charge on any atom is 0.472 e. The van der Waals surface area contributed by atoms with Crippen LogP contribution >= 0.6 is 7.82 Å². The lowest BCUT2D eigenvalue weighted by Gasteiger charge is -2.24. The number of quaternary nitrogens is 1. The first-order valence-corrected chi connectivity index (χ1v) is 30.9. The fourth-order valence-electron chi connectivity index (χ4n) is 8.30. The summed E-state index contributed by atoms with van der Waals surface area (Å²) in [5, 5.41) is 0. The van der Waals surface area contributed by atoms with Crippen molar-refractivity contribution in [2.24, 2.45) is 0 Å². The van der Waals surface area contributed by atoms with Crippen LogP contribution in [0.25, 0.3) is 0 Å². The lowest BCUT2D eigenvalue weighted by molar-refractivity contribution is -0.870. The minimum Gasteiger partial charge on any atom is -0.462 e. The van der Waals surface area contributed by atoms with Crippen LogP contribution in [-0.2, 0) is 32.7 Å². The van der Waals surface area contributed by atoms with E-state index in [1.165, 1.54) is 193 Å². The Balaban J connectivity index is 4.12. The third kappa shape index (κ3) is 55.3. The molecular weight excluding hydrogens is 894 g/mol. The van der Waals surface area contributed by atoms with Crippen LogP contribution in [0.3, 0.4) is 0 Å². The summed E-state index contributed by atoms with van der Waals surface area (Å²) in [4.78, 5) is 35.6. The van der Waals surface area contributed by atoms with Gasteiger partial charge in [-0.3, -0.25) is 18.6 Å². The average Bonchev–Trinajstić information content (AvgIpc) is 3.32. The van der Waals surface area contributed by atoms with E-state index in [1.54, 1.807) is 0 Å². The number of rotatable bonds is 54. The Morgan fingerprint density at radius 1 is 0.443 bits per heavy atom. The van der Waals surface area contributed by atoms with Gasteiger partial charge >= 0.3 is 19.8 Å². The molecule has 0 spiro atoms. The third-order valence-corrected chi connectivity index (χ3v) is 13.8. The van der Waals surface area contributed by atoms with Gasteiger partial charge in [0.2, 0.25) is 0 Å². The van der Waals surface area contributed by atoms with Crippen molar-refractivity contribution in [1.82, 2.24) is 0 Å². The fourth-order valence-corrected chi connectivity index (χ4v) is 9.05. The lowest BCUT2D eigenvalue weighted by Crippen LogP contribution is -2.37. The number of esters is 2. The minimum atomic E-state index is -4.40. The number of carbonyl (C=O) groups excluding carboxylic acids is 2. The van der Waals surface area contributed by atoms with Crippen LogP contribution in [0.4, 0.5) is 0 Å². The minimum absolute atomic E-state index is 0.0236. The highest BCUT2D eigenvalue weighted by Crippen LogP contribution is 2.43. The Hall–Kier alpha value is -2.03. The molecule has 0 aliphatic carbocycles. The second kappa shape index (κ2) is 51.9. The van der Waals surface area contributed by atoms with Gasteiger partial charge in [-0.25, -0.2) is 4.57 Å². The van der Waals surface area contributed by atoms with Crippen LogP contribution in [0, 0.1) is 0 Å². The van der Waals surface area contributed by atoms with Crippen molar-refractivity contribution in [2.75, 3.05) is 47.5 Å². The summed E-state index contributed by atoms with van der Waals surface area (Å²) in [5.41, 5.74) is 0. The van der Waals surface area contributed by atoms with Gasteiger partial charge in [-0.05, 0) is 51.4 Å². The van der Waals surface area contributed by atoms with Crippen molar-refractivity contribution in [3.8, 4) is 0 Å². The summed E-state index contributed by atoms with van der Waals surface area (Å²) in [6, 6.07) is 0. The van der Waals surface area contributed by atoms with Crippen molar-refractivity contribution in [1.29, 1.82) is 0 Å². The van der Waals surface area contributed by atoms with Gasteiger partial charge in [0.15, 0.2) is 6.10 Å². The molecule has 10 heteroatoms. The normalized spacial score (nSPS) is 13.6. The number of nitrogens with zero attached hydrogens (tertiary/aromatic N) is 1. The van der Waals surface area contributed by atoms with Crippen molar-refractivity contribution in [2.45, 2.75) is 277 Å². The Kier molecular flexibility index (Phi) is 50.4. The largest absolute Gasteiger partial charge is 0.472 e. The van der Waals surface area contributed by atoms with E-state index in [0.717, 1.165) is 38.5 Å². The molecule has 1 N–H and O–H groups in total. The first kappa shape index (κ1) is 68.0. The summed E-state index contributed by atoms with van der Waals surface area (Å²) in [6.07, 6.45) is 64.9. The molecule has 0 aromatic heterocycles. The van der Waals surface area contributed by atoms with E-state index >= 15 is 0 Å². The molecule has 0 aromatic rings. The van der Waals surface area contributed by atoms with Crippen molar-refractivity contribution < 1.29 is 42.1 Å². The van der Waals surface area contributed by atoms with E-state index in [0.29, 0.717) is 23.9 Å². The van der Waals surface area contributed by atoms with E-state index in [9.17, 15) is 19.0 Å². The summed E-state index contributed by atoms with van der Waals surface area (Å²) in [5.74, 6) is -0.854. The molecule has 0 aliphatic heterocycles. The second-order valence-electron chi connectivity index (χ2n) is 21.0. The lowest BCUT2D eigenvalue weighted by atomic mass is 10.0. The van der Waals surface area contributed by atoms with Crippen molar-refractivity contribution in [3.05, 3.63) is 48.6 Å². The quantitative estimate of drug-likeness (QED) is 0.0211. The fraction of sp³-hybridized carbons (Fsp3) is 0.833. The molecule has 0 saturated carbocycles. The molecule has 1 unspecified atom stereocenters. The number of unbranched alkanes of at least 4 members (excludes halogenated alkanes) is 32. The van der Waals surface area contributed by atoms with Gasteiger partial charge in [-0.1, -0.05) is 255 Å². The molecule has 0 saturated heterocycles. The monoisotopic (exact) mass is 1010 g/mol. The maximum absolute atomic E-state index is 12.8. The Bertz CT molecular complexity index is 1320. The van der Waals surface area contributed by atoms with Gasteiger partial charge in [0.1, 0.15) is 19.8 Å². The summed E-state index contributed by atoms with van der Waals surface area (Å²) in [7, 11) is 1.46. The van der Waals surface area contributed by atoms with Crippen LogP contribution in [-0.4, -0.2) is 74.9 Å². The van der Waals surface area contributed by atoms with Crippen LogP contribution in [0.1, 0.15) is 271 Å². The van der Waals surface area contributed by atoms with E-state index in [4.69, 9.17) is 18.5 Å². The number of likely N-dealkylation sites (N-methyl/N-ethyl adjacent to an activating group) is 1. The summed E-state index contributed by atoms with van der Waals surface area (Å²) in [6.45, 7) is 4.38. The number of allylic oxidation sites excluding steroid dienone is 8. The number of ether oxygens (including phenoxy) is 2. The number of phosphoric ester groups is 1. The van der Waals surface area contributed by atoms with Gasteiger partial charge in [0, 0.05) is 12.8 Å². The van der Waals surface area contributed by atoms with Gasteiger partial charge in [0.25, 0.3) is 0 Å². The van der Waals surface area contributed by atoms with Gasteiger partial charge in [0.05, 0.1) is 27.7 Å². The molecule has 410 valence electrons. The summed E-state index contributed by atoms with van der Waals surface area (Å²) < 4.78 is 34.5. The van der Waals surface area contributed by atoms with Gasteiger partial charge in [-0.15, -0.1) is 0 Å². The predicted molar refractivity (Wildman–Crippen MR) is 298 cm³/mol. The zero-order valence-electron chi connectivity index (χ0n) is 46.5. The Morgan fingerprint density at radius 2 is 0.786 bits per heavy atom. The van der Waals surface area contributed by atoms with E-state index in [1.807, 2.05) is 21.1 Å². The smallest absolute Gasteiger partial charge is 0.462 e. The molecule has 9 nitrogen and oxygen atoms in total. The molecule has 0 aromatic carbocycles. The van der Waals surface area contributed by atoms with Gasteiger partial charge < -0.3 is 18.9 Å². The van der Waals surface area contributed by atoms with Crippen molar-refractivity contribution in [3.63, 3.8) is 0 Å². The molecule has 2 atom stereocenters. The SMILES string of the molecule is CCCCC/C=C\C/C=C\C/C=C\C/C=C\CCCC(=O)OC[C@H](COP(=O)(O)OCC[N+](C)(C)C)OC(=O)CCCCCCCCCCCCCCCCCCCCCCCCCCCCCCC. The maximum atomic E-state index is 12.8. The van der Waals surface area contributed by atoms with Crippen LogP contribution in [0.15, 0.2) is 48.6 Å². The van der Waals surface area contributed by atoms with Crippen LogP contribution in [0.5, 0.6) is 0 Å². The average molecular weight is 1010 g/mol. The molecule has 0 bridgehead atoms. The number of phosphoric acid groups is 1. The number of carbonyl (C=O) groups is 2. The number of hydrogen-bond acceptors (Lipinski definition) is 7. The predicted octanol–water partition coefficient (Wildman–Crippen LogP) is 18.1. The van der Waals surface area contributed by atoms with E-state index < -0.39 is 32.5 Å². The molecule has 0 rings (SSSR count). The third-order valence-electron chi connectivity index (χ3n) is 12.9. The summed E-state index contributed by atoms with van der Waals surface area (Å²) >= 11 is 0. The second-order valence-corrected chi connectivity index (χ2v) is 22.5. The standard InChI is InChI=1S/C60H112NO8P/c1-6-8-10-12-14-16-18-20-22-24-25-26-27-28-29-30-31-32-33-34-35-37-39-41-43-45-47-49-51-53-60(63)69-58(57-68-70(64,65)67-55-54-61(3,4)5)56-66-59(62)52-50-48-46-44-42-40-38-36-23-21-19-17-15-13-11-9-7-2/h15,17,21,23,38,40,44,46,58H,6-14,16,18-20,22,24-37,39,41-43,45,47-57H2,1-5H3/p+1/b17-15-,23-21-,40-38-,46-44-/t58-/m1/s1. The molecule has 0 fully saturated rings. The highest BCUT2D eigenvalue weighted by molar-refractivity contribution is 7.47. The zero-order chi connectivity index (χ0) is 51.3. The molecule has 0 radical (unpaired) electrons. The van der Waals surface area contributed by atoms with Crippen LogP contribution in [0.2, 0.25) is 0 Å². The Morgan fingerprint density at radius 3 is 1.19 bits per heavy atom. The zero-order valence-corrected chi connectivity index (χ0v) is 47.4. The van der Waals surface area contributed by atoms with Gasteiger partial charge in [-0.2, -0.15) is 0 Å². The number of hydrogen-bond donors (Lipinski definition) is 1. The highest BCUT2D eigenvalue weighted by Gasteiger charge is 2.27.